The van der Waals surface area contributed by atoms with Crippen molar-refractivity contribution in [3.05, 3.63) is 60.6 Å². The van der Waals surface area contributed by atoms with Crippen molar-refractivity contribution in [3.8, 4) is 11.3 Å². The monoisotopic (exact) mass is 421 g/mol. The van der Waals surface area contributed by atoms with Crippen molar-refractivity contribution in [1.82, 2.24) is 20.1 Å². The number of aromatic amines is 1. The number of rotatable bonds is 5. The Hall–Kier alpha value is -3.13. The molecule has 1 aliphatic heterocycles. The molecule has 7 nitrogen and oxygen atoms in total. The number of thioether (sulfide) groups is 1. The van der Waals surface area contributed by atoms with Crippen LogP contribution in [0.4, 0.5) is 5.69 Å². The molecule has 30 heavy (non-hydrogen) atoms. The molecule has 0 bridgehead atoms. The first kappa shape index (κ1) is 20.2. The zero-order valence-electron chi connectivity index (χ0n) is 16.7. The normalized spacial score (nSPS) is 14.5. The summed E-state index contributed by atoms with van der Waals surface area (Å²) in [5, 5.41) is 10.1. The number of carbonyl (C=O) groups is 2. The highest BCUT2D eigenvalue weighted by molar-refractivity contribution is 7.98. The smallest absolute Gasteiger partial charge is 0.271 e. The lowest BCUT2D eigenvalue weighted by Crippen LogP contribution is -2.41. The molecule has 8 heteroatoms. The van der Waals surface area contributed by atoms with Gasteiger partial charge in [-0.25, -0.2) is 0 Å². The molecule has 1 aliphatic rings. The van der Waals surface area contributed by atoms with E-state index >= 15 is 0 Å². The Kier molecular flexibility index (Phi) is 6.13. The van der Waals surface area contributed by atoms with E-state index in [0.717, 1.165) is 16.1 Å². The summed E-state index contributed by atoms with van der Waals surface area (Å²) in [7, 11) is 0. The molecule has 1 aromatic carbocycles. The number of pyridine rings is 1. The minimum atomic E-state index is -0.0962. The lowest BCUT2D eigenvalue weighted by molar-refractivity contribution is -0.121. The Balaban J connectivity index is 1.33. The summed E-state index contributed by atoms with van der Waals surface area (Å²) in [5.74, 6) is -0.169. The lowest BCUT2D eigenvalue weighted by Gasteiger charge is -2.31. The highest BCUT2D eigenvalue weighted by atomic mass is 32.2. The van der Waals surface area contributed by atoms with Gasteiger partial charge in [0.15, 0.2) is 0 Å². The number of nitrogens with zero attached hydrogens (tertiary/aromatic N) is 3. The Morgan fingerprint density at radius 1 is 1.13 bits per heavy atom. The molecule has 1 saturated heterocycles. The summed E-state index contributed by atoms with van der Waals surface area (Å²) in [6, 6.07) is 13.3. The fraction of sp³-hybridized carbons (Fsp3) is 0.273. The van der Waals surface area contributed by atoms with Crippen molar-refractivity contribution in [2.24, 2.45) is 5.92 Å². The van der Waals surface area contributed by atoms with E-state index in [-0.39, 0.29) is 17.7 Å². The lowest BCUT2D eigenvalue weighted by atomic mass is 9.95. The van der Waals surface area contributed by atoms with Crippen molar-refractivity contribution in [2.75, 3.05) is 24.7 Å². The third kappa shape index (κ3) is 4.54. The van der Waals surface area contributed by atoms with Gasteiger partial charge in [-0.05, 0) is 55.5 Å². The van der Waals surface area contributed by atoms with Crippen molar-refractivity contribution in [1.29, 1.82) is 0 Å². The van der Waals surface area contributed by atoms with Crippen LogP contribution in [0.3, 0.4) is 0 Å². The van der Waals surface area contributed by atoms with E-state index in [9.17, 15) is 9.59 Å². The van der Waals surface area contributed by atoms with E-state index in [1.165, 1.54) is 0 Å². The molecule has 3 aromatic rings. The van der Waals surface area contributed by atoms with Crippen LogP contribution in [-0.4, -0.2) is 51.2 Å². The van der Waals surface area contributed by atoms with E-state index in [4.69, 9.17) is 0 Å². The second kappa shape index (κ2) is 9.13. The van der Waals surface area contributed by atoms with E-state index in [0.29, 0.717) is 37.3 Å². The standard InChI is InChI=1S/C22H23N5O2S/c1-30-18-4-2-3-17(13-18)24-21(28)16-7-11-27(12-8-16)22(29)20-14-19(25-26-20)15-5-9-23-10-6-15/h2-6,9-10,13-14,16H,7-8,11-12H2,1H3,(H,24,28)(H,25,26). The average Bonchev–Trinajstić information content (AvgIpc) is 3.30. The zero-order valence-corrected chi connectivity index (χ0v) is 17.5. The first-order valence-electron chi connectivity index (χ1n) is 9.84. The number of aromatic nitrogens is 3. The first-order chi connectivity index (χ1) is 14.6. The molecule has 0 saturated carbocycles. The third-order valence-corrected chi connectivity index (χ3v) is 6.00. The Morgan fingerprint density at radius 3 is 2.63 bits per heavy atom. The quantitative estimate of drug-likeness (QED) is 0.613. The first-order valence-corrected chi connectivity index (χ1v) is 11.1. The van der Waals surface area contributed by atoms with Crippen LogP contribution in [0.25, 0.3) is 11.3 Å². The summed E-state index contributed by atoms with van der Waals surface area (Å²) >= 11 is 1.64. The van der Waals surface area contributed by atoms with Crippen molar-refractivity contribution in [2.45, 2.75) is 17.7 Å². The van der Waals surface area contributed by atoms with Crippen molar-refractivity contribution < 1.29 is 9.59 Å². The van der Waals surface area contributed by atoms with Crippen LogP contribution in [0.15, 0.2) is 59.8 Å². The average molecular weight is 422 g/mol. The SMILES string of the molecule is CSc1cccc(NC(=O)C2CCN(C(=O)c3cc(-c4ccncc4)n[nH]3)CC2)c1. The molecule has 0 radical (unpaired) electrons. The highest BCUT2D eigenvalue weighted by Gasteiger charge is 2.28. The number of amides is 2. The second-order valence-corrected chi connectivity index (χ2v) is 8.07. The van der Waals surface area contributed by atoms with Crippen LogP contribution >= 0.6 is 11.8 Å². The fourth-order valence-electron chi connectivity index (χ4n) is 3.56. The molecule has 4 rings (SSSR count). The predicted octanol–water partition coefficient (Wildman–Crippen LogP) is 3.68. The van der Waals surface area contributed by atoms with Crippen LogP contribution in [0.1, 0.15) is 23.3 Å². The van der Waals surface area contributed by atoms with Crippen LogP contribution in [-0.2, 0) is 4.79 Å². The van der Waals surface area contributed by atoms with E-state index in [1.54, 1.807) is 35.1 Å². The zero-order chi connectivity index (χ0) is 20.9. The molecule has 3 heterocycles. The van der Waals surface area contributed by atoms with Gasteiger partial charge in [0.2, 0.25) is 5.91 Å². The molecule has 2 amide bonds. The molecule has 2 N–H and O–H groups in total. The van der Waals surface area contributed by atoms with Crippen molar-refractivity contribution >= 4 is 29.3 Å². The fourth-order valence-corrected chi connectivity index (χ4v) is 4.02. The molecule has 0 spiro atoms. The van der Waals surface area contributed by atoms with Crippen LogP contribution in [0.5, 0.6) is 0 Å². The number of nitrogens with one attached hydrogen (secondary N) is 2. The third-order valence-electron chi connectivity index (χ3n) is 5.27. The number of carbonyl (C=O) groups excluding carboxylic acids is 2. The molecule has 1 fully saturated rings. The molecule has 2 aromatic heterocycles. The maximum Gasteiger partial charge on any atom is 0.271 e. The number of likely N-dealkylation sites (tertiary alicyclic amines) is 1. The number of benzene rings is 1. The molecule has 0 aliphatic carbocycles. The molecule has 0 unspecified atom stereocenters. The Bertz CT molecular complexity index is 1030. The van der Waals surface area contributed by atoms with Gasteiger partial charge in [-0.3, -0.25) is 19.7 Å². The van der Waals surface area contributed by atoms with Gasteiger partial charge in [-0.1, -0.05) is 6.07 Å². The summed E-state index contributed by atoms with van der Waals surface area (Å²) < 4.78 is 0. The summed E-state index contributed by atoms with van der Waals surface area (Å²) in [6.07, 6.45) is 6.68. The van der Waals surface area contributed by atoms with Gasteiger partial charge in [-0.2, -0.15) is 5.10 Å². The van der Waals surface area contributed by atoms with Gasteiger partial charge in [0.1, 0.15) is 5.69 Å². The number of anilines is 1. The maximum absolute atomic E-state index is 12.8. The van der Waals surface area contributed by atoms with Gasteiger partial charge in [0.25, 0.3) is 5.91 Å². The summed E-state index contributed by atoms with van der Waals surface area (Å²) in [4.78, 5) is 32.3. The van der Waals surface area contributed by atoms with Gasteiger partial charge < -0.3 is 10.2 Å². The molecule has 0 atom stereocenters. The molecule has 154 valence electrons. The topological polar surface area (TPSA) is 91.0 Å². The van der Waals surface area contributed by atoms with Gasteiger partial charge >= 0.3 is 0 Å². The Labute approximate surface area is 179 Å². The van der Waals surface area contributed by atoms with E-state index in [2.05, 4.69) is 20.5 Å². The Morgan fingerprint density at radius 2 is 1.90 bits per heavy atom. The van der Waals surface area contributed by atoms with E-state index < -0.39 is 0 Å². The molecular formula is C22H23N5O2S. The van der Waals surface area contributed by atoms with Gasteiger partial charge in [0, 0.05) is 47.5 Å². The summed E-state index contributed by atoms with van der Waals surface area (Å²) in [5.41, 5.74) is 2.88. The maximum atomic E-state index is 12.8. The number of H-pyrrole nitrogens is 1. The van der Waals surface area contributed by atoms with Crippen LogP contribution < -0.4 is 5.32 Å². The highest BCUT2D eigenvalue weighted by Crippen LogP contribution is 2.24. The van der Waals surface area contributed by atoms with Gasteiger partial charge in [-0.15, -0.1) is 11.8 Å². The predicted molar refractivity (Wildman–Crippen MR) is 117 cm³/mol. The largest absolute Gasteiger partial charge is 0.337 e. The minimum Gasteiger partial charge on any atom is -0.337 e. The van der Waals surface area contributed by atoms with Crippen LogP contribution in [0.2, 0.25) is 0 Å². The summed E-state index contributed by atoms with van der Waals surface area (Å²) in [6.45, 7) is 1.09. The minimum absolute atomic E-state index is 0.0156. The molecular weight excluding hydrogens is 398 g/mol. The van der Waals surface area contributed by atoms with Crippen molar-refractivity contribution in [3.63, 3.8) is 0 Å². The van der Waals surface area contributed by atoms with E-state index in [1.807, 2.05) is 42.7 Å². The number of piperidine rings is 1. The van der Waals surface area contributed by atoms with Crippen LogP contribution in [0, 0.1) is 5.92 Å². The number of hydrogen-bond donors (Lipinski definition) is 2. The second-order valence-electron chi connectivity index (χ2n) is 7.19. The number of hydrogen-bond acceptors (Lipinski definition) is 5. The van der Waals surface area contributed by atoms with Gasteiger partial charge in [0.05, 0.1) is 5.69 Å².